The van der Waals surface area contributed by atoms with E-state index in [1.54, 1.807) is 11.3 Å². The summed E-state index contributed by atoms with van der Waals surface area (Å²) in [5, 5.41) is 2.09. The number of rotatable bonds is 0. The average molecular weight is 212 g/mol. The summed E-state index contributed by atoms with van der Waals surface area (Å²) in [6.07, 6.45) is 2.11. The molecule has 0 N–H and O–H groups in total. The molecule has 0 aliphatic rings. The first-order valence-electron chi connectivity index (χ1n) is 4.93. The van der Waals surface area contributed by atoms with E-state index >= 15 is 0 Å². The van der Waals surface area contributed by atoms with Gasteiger partial charge in [0.05, 0.1) is 5.54 Å². The summed E-state index contributed by atoms with van der Waals surface area (Å²) >= 11 is 1.70. The number of thiazole rings is 1. The van der Waals surface area contributed by atoms with Crippen LogP contribution < -0.4 is 4.80 Å². The van der Waals surface area contributed by atoms with Gasteiger partial charge in [-0.2, -0.15) is 0 Å². The number of hydrogen-bond donors (Lipinski definition) is 0. The van der Waals surface area contributed by atoms with Crippen LogP contribution in [-0.2, 0) is 5.54 Å². The molecule has 0 spiro atoms. The standard InChI is InChI=1S/C11H20N2S/c1-10(2,3)12-9-13(7-8-14-9)11(4,5)6/h7-8H,1-6H3. The molecule has 0 bridgehead atoms. The molecule has 0 radical (unpaired) electrons. The predicted molar refractivity (Wildman–Crippen MR) is 62.6 cm³/mol. The molecule has 0 aromatic carbocycles. The Labute approximate surface area is 90.3 Å². The minimum Gasteiger partial charge on any atom is -0.319 e. The Kier molecular flexibility index (Phi) is 2.91. The van der Waals surface area contributed by atoms with Gasteiger partial charge < -0.3 is 4.57 Å². The third-order valence-electron chi connectivity index (χ3n) is 1.74. The van der Waals surface area contributed by atoms with Crippen LogP contribution in [0.15, 0.2) is 16.6 Å². The molecule has 1 aromatic rings. The van der Waals surface area contributed by atoms with Crippen LogP contribution in [0, 0.1) is 0 Å². The maximum atomic E-state index is 4.70. The third-order valence-corrected chi connectivity index (χ3v) is 2.50. The van der Waals surface area contributed by atoms with Crippen molar-refractivity contribution in [3.05, 3.63) is 16.4 Å². The predicted octanol–water partition coefficient (Wildman–Crippen LogP) is 3.00. The lowest BCUT2D eigenvalue weighted by molar-refractivity contribution is 0.381. The molecule has 0 saturated heterocycles. The quantitative estimate of drug-likeness (QED) is 0.629. The maximum Gasteiger partial charge on any atom is 0.185 e. The molecule has 0 saturated carbocycles. The fraction of sp³-hybridized carbons (Fsp3) is 0.727. The largest absolute Gasteiger partial charge is 0.319 e. The molecule has 1 heterocycles. The molecule has 80 valence electrons. The highest BCUT2D eigenvalue weighted by molar-refractivity contribution is 7.07. The maximum absolute atomic E-state index is 4.70. The summed E-state index contributed by atoms with van der Waals surface area (Å²) in [4.78, 5) is 5.80. The summed E-state index contributed by atoms with van der Waals surface area (Å²) in [5.41, 5.74) is 0.113. The van der Waals surface area contributed by atoms with Crippen molar-refractivity contribution >= 4 is 11.3 Å². The molecule has 3 heteroatoms. The molecule has 0 amide bonds. The number of hydrogen-bond acceptors (Lipinski definition) is 2. The van der Waals surface area contributed by atoms with Crippen LogP contribution >= 0.6 is 11.3 Å². The molecule has 0 atom stereocenters. The Morgan fingerprint density at radius 2 is 1.71 bits per heavy atom. The second-order valence-corrected chi connectivity index (χ2v) is 6.38. The van der Waals surface area contributed by atoms with Crippen molar-refractivity contribution < 1.29 is 0 Å². The van der Waals surface area contributed by atoms with E-state index in [0.717, 1.165) is 4.80 Å². The molecule has 0 unspecified atom stereocenters. The van der Waals surface area contributed by atoms with Crippen molar-refractivity contribution in [2.75, 3.05) is 0 Å². The first-order chi connectivity index (χ1) is 6.20. The Balaban J connectivity index is 3.25. The van der Waals surface area contributed by atoms with E-state index in [1.165, 1.54) is 0 Å². The molecule has 0 aliphatic carbocycles. The van der Waals surface area contributed by atoms with Gasteiger partial charge in [-0.15, -0.1) is 11.3 Å². The normalized spacial score (nSPS) is 14.9. The lowest BCUT2D eigenvalue weighted by atomic mass is 10.1. The van der Waals surface area contributed by atoms with Crippen LogP contribution in [0.5, 0.6) is 0 Å². The lowest BCUT2D eigenvalue weighted by Gasteiger charge is -2.21. The second-order valence-electron chi connectivity index (χ2n) is 5.51. The molecular formula is C11H20N2S. The Bertz CT molecular complexity index is 358. The zero-order chi connectivity index (χ0) is 11.0. The first-order valence-corrected chi connectivity index (χ1v) is 5.81. The van der Waals surface area contributed by atoms with Gasteiger partial charge >= 0.3 is 0 Å². The highest BCUT2D eigenvalue weighted by Crippen LogP contribution is 2.13. The smallest absolute Gasteiger partial charge is 0.185 e. The van der Waals surface area contributed by atoms with Crippen LogP contribution in [0.3, 0.4) is 0 Å². The van der Waals surface area contributed by atoms with Gasteiger partial charge in [0.25, 0.3) is 0 Å². The summed E-state index contributed by atoms with van der Waals surface area (Å²) < 4.78 is 2.23. The minimum absolute atomic E-state index is 0.00213. The van der Waals surface area contributed by atoms with Crippen molar-refractivity contribution in [2.45, 2.75) is 52.6 Å². The van der Waals surface area contributed by atoms with Crippen molar-refractivity contribution in [3.63, 3.8) is 0 Å². The summed E-state index contributed by atoms with van der Waals surface area (Å²) in [5.74, 6) is 0. The lowest BCUT2D eigenvalue weighted by Crippen LogP contribution is -2.32. The molecule has 2 nitrogen and oxygen atoms in total. The van der Waals surface area contributed by atoms with Gasteiger partial charge in [-0.3, -0.25) is 4.99 Å². The van der Waals surface area contributed by atoms with Crippen LogP contribution in [0.1, 0.15) is 41.5 Å². The van der Waals surface area contributed by atoms with Gasteiger partial charge in [-0.25, -0.2) is 0 Å². The van der Waals surface area contributed by atoms with Crippen LogP contribution in [0.25, 0.3) is 0 Å². The SMILES string of the molecule is CC(C)(C)N=c1sccn1C(C)(C)C. The molecule has 14 heavy (non-hydrogen) atoms. The molecular weight excluding hydrogens is 192 g/mol. The molecule has 0 aliphatic heterocycles. The van der Waals surface area contributed by atoms with E-state index in [-0.39, 0.29) is 11.1 Å². The van der Waals surface area contributed by atoms with Gasteiger partial charge in [-0.05, 0) is 41.5 Å². The van der Waals surface area contributed by atoms with E-state index in [2.05, 4.69) is 57.7 Å². The Hall–Kier alpha value is -0.570. The van der Waals surface area contributed by atoms with Gasteiger partial charge in [0.2, 0.25) is 0 Å². The first kappa shape index (κ1) is 11.5. The zero-order valence-electron chi connectivity index (χ0n) is 9.96. The van der Waals surface area contributed by atoms with Crippen molar-refractivity contribution in [2.24, 2.45) is 4.99 Å². The Morgan fingerprint density at radius 3 is 2.14 bits per heavy atom. The van der Waals surface area contributed by atoms with Gasteiger partial charge in [0.15, 0.2) is 4.80 Å². The fourth-order valence-electron chi connectivity index (χ4n) is 1.15. The van der Waals surface area contributed by atoms with E-state index < -0.39 is 0 Å². The Morgan fingerprint density at radius 1 is 1.14 bits per heavy atom. The van der Waals surface area contributed by atoms with Crippen LogP contribution in [0.4, 0.5) is 0 Å². The summed E-state index contributed by atoms with van der Waals surface area (Å²) in [6.45, 7) is 13.0. The van der Waals surface area contributed by atoms with Crippen molar-refractivity contribution in [1.82, 2.24) is 4.57 Å². The monoisotopic (exact) mass is 212 g/mol. The summed E-state index contributed by atoms with van der Waals surface area (Å²) in [6, 6.07) is 0. The van der Waals surface area contributed by atoms with E-state index in [0.29, 0.717) is 0 Å². The second kappa shape index (κ2) is 3.54. The topological polar surface area (TPSA) is 17.3 Å². The summed E-state index contributed by atoms with van der Waals surface area (Å²) in [7, 11) is 0. The molecule has 1 aromatic heterocycles. The van der Waals surface area contributed by atoms with E-state index in [4.69, 9.17) is 4.99 Å². The van der Waals surface area contributed by atoms with Crippen molar-refractivity contribution in [1.29, 1.82) is 0 Å². The van der Waals surface area contributed by atoms with Crippen LogP contribution in [-0.4, -0.2) is 10.1 Å². The van der Waals surface area contributed by atoms with Crippen LogP contribution in [0.2, 0.25) is 0 Å². The minimum atomic E-state index is -0.00213. The zero-order valence-corrected chi connectivity index (χ0v) is 10.8. The highest BCUT2D eigenvalue weighted by atomic mass is 32.1. The van der Waals surface area contributed by atoms with Gasteiger partial charge in [-0.1, -0.05) is 0 Å². The third kappa shape index (κ3) is 2.98. The van der Waals surface area contributed by atoms with Gasteiger partial charge in [0, 0.05) is 17.1 Å². The highest BCUT2D eigenvalue weighted by Gasteiger charge is 2.15. The average Bonchev–Trinajstić information content (AvgIpc) is 2.29. The fourth-order valence-corrected chi connectivity index (χ4v) is 2.23. The number of aromatic nitrogens is 1. The molecule has 1 rings (SSSR count). The van der Waals surface area contributed by atoms with E-state index in [9.17, 15) is 0 Å². The molecule has 0 fully saturated rings. The van der Waals surface area contributed by atoms with Crippen molar-refractivity contribution in [3.8, 4) is 0 Å². The van der Waals surface area contributed by atoms with E-state index in [1.807, 2.05) is 0 Å². The number of nitrogens with zero attached hydrogens (tertiary/aromatic N) is 2. The van der Waals surface area contributed by atoms with Gasteiger partial charge in [0.1, 0.15) is 0 Å².